The Morgan fingerprint density at radius 1 is 1.48 bits per heavy atom. The lowest BCUT2D eigenvalue weighted by Gasteiger charge is -2.18. The number of nitrogens with one attached hydrogen (secondary N) is 1. The summed E-state index contributed by atoms with van der Waals surface area (Å²) in [6.07, 6.45) is 0. The number of amides is 3. The van der Waals surface area contributed by atoms with Gasteiger partial charge in [-0.3, -0.25) is 14.6 Å². The van der Waals surface area contributed by atoms with Crippen molar-refractivity contribution in [3.63, 3.8) is 0 Å². The first-order chi connectivity index (χ1) is 11.0. The molecule has 6 nitrogen and oxygen atoms in total. The largest absolute Gasteiger partial charge is 0.336 e. The number of benzene rings is 1. The number of thiazole rings is 1. The molecule has 23 heavy (non-hydrogen) atoms. The quantitative estimate of drug-likeness (QED) is 0.937. The molecule has 1 aromatic heterocycles. The van der Waals surface area contributed by atoms with Crippen LogP contribution in [0.4, 0.5) is 20.0 Å². The maximum Gasteiger partial charge on any atom is 0.321 e. The fourth-order valence-corrected chi connectivity index (χ4v) is 3.09. The van der Waals surface area contributed by atoms with Crippen molar-refractivity contribution in [2.75, 3.05) is 29.9 Å². The third kappa shape index (κ3) is 2.89. The van der Waals surface area contributed by atoms with Gasteiger partial charge in [-0.05, 0) is 25.1 Å². The Balaban J connectivity index is 1.92. The molecule has 0 bridgehead atoms. The van der Waals surface area contributed by atoms with Crippen molar-refractivity contribution in [2.45, 2.75) is 6.92 Å². The maximum atomic E-state index is 14.1. The third-order valence-corrected chi connectivity index (χ3v) is 4.58. The van der Waals surface area contributed by atoms with Crippen molar-refractivity contribution in [2.24, 2.45) is 0 Å². The van der Waals surface area contributed by atoms with E-state index in [1.807, 2.05) is 12.3 Å². The number of aromatic nitrogens is 1. The number of carbonyl (C=O) groups excluding carboxylic acids is 2. The Morgan fingerprint density at radius 3 is 2.87 bits per heavy atom. The van der Waals surface area contributed by atoms with Gasteiger partial charge in [-0.1, -0.05) is 0 Å². The molecule has 1 aliphatic heterocycles. The number of carbonyl (C=O) groups is 2. The van der Waals surface area contributed by atoms with Gasteiger partial charge in [0.05, 0.1) is 11.3 Å². The summed E-state index contributed by atoms with van der Waals surface area (Å²) in [5.74, 6) is -1.13. The lowest BCUT2D eigenvalue weighted by atomic mass is 10.1. The summed E-state index contributed by atoms with van der Waals surface area (Å²) < 4.78 is 14.1. The molecule has 0 spiro atoms. The van der Waals surface area contributed by atoms with Crippen LogP contribution in [0.5, 0.6) is 0 Å². The van der Waals surface area contributed by atoms with Crippen LogP contribution in [0.2, 0.25) is 0 Å². The zero-order valence-corrected chi connectivity index (χ0v) is 13.5. The molecule has 1 N–H and O–H groups in total. The molecule has 1 saturated heterocycles. The lowest BCUT2D eigenvalue weighted by molar-refractivity contribution is 0.0989. The molecule has 1 aliphatic rings. The standard InChI is InChI=1S/C15H15FN4O2S/c1-9-8-23-15(18-9)19(2)13(21)11-7-10(3-4-12(11)16)20-6-5-17-14(20)22/h3-4,7-8H,5-6H2,1-2H3,(H,17,22). The molecule has 1 aromatic carbocycles. The van der Waals surface area contributed by atoms with Crippen molar-refractivity contribution in [3.05, 3.63) is 40.7 Å². The molecule has 2 heterocycles. The van der Waals surface area contributed by atoms with E-state index in [0.29, 0.717) is 23.9 Å². The minimum atomic E-state index is -0.626. The number of aryl methyl sites for hydroxylation is 1. The average molecular weight is 334 g/mol. The highest BCUT2D eigenvalue weighted by Gasteiger charge is 2.25. The summed E-state index contributed by atoms with van der Waals surface area (Å²) in [7, 11) is 1.55. The Morgan fingerprint density at radius 2 is 2.26 bits per heavy atom. The molecular formula is C15H15FN4O2S. The van der Waals surface area contributed by atoms with Crippen LogP contribution >= 0.6 is 11.3 Å². The van der Waals surface area contributed by atoms with E-state index < -0.39 is 11.7 Å². The summed E-state index contributed by atoms with van der Waals surface area (Å²) in [4.78, 5) is 31.3. The summed E-state index contributed by atoms with van der Waals surface area (Å²) in [5.41, 5.74) is 1.21. The van der Waals surface area contributed by atoms with Gasteiger partial charge in [0.25, 0.3) is 5.91 Å². The van der Waals surface area contributed by atoms with Gasteiger partial charge in [-0.2, -0.15) is 0 Å². The highest BCUT2D eigenvalue weighted by molar-refractivity contribution is 7.14. The van der Waals surface area contributed by atoms with E-state index in [9.17, 15) is 14.0 Å². The van der Waals surface area contributed by atoms with Crippen LogP contribution in [0.1, 0.15) is 16.1 Å². The number of hydrogen-bond acceptors (Lipinski definition) is 4. The monoisotopic (exact) mass is 334 g/mol. The van der Waals surface area contributed by atoms with Gasteiger partial charge in [0, 0.05) is 31.2 Å². The minimum Gasteiger partial charge on any atom is -0.336 e. The Hall–Kier alpha value is -2.48. The topological polar surface area (TPSA) is 65.5 Å². The first-order valence-electron chi connectivity index (χ1n) is 7.02. The Bertz CT molecular complexity index is 777. The highest BCUT2D eigenvalue weighted by Crippen LogP contribution is 2.25. The third-order valence-electron chi connectivity index (χ3n) is 3.55. The van der Waals surface area contributed by atoms with Crippen LogP contribution in [-0.2, 0) is 0 Å². The Kier molecular flexibility index (Phi) is 3.99. The number of halogens is 1. The number of anilines is 2. The predicted octanol–water partition coefficient (Wildman–Crippen LogP) is 2.40. The van der Waals surface area contributed by atoms with Gasteiger partial charge in [-0.25, -0.2) is 14.2 Å². The predicted molar refractivity (Wildman–Crippen MR) is 86.7 cm³/mol. The zero-order chi connectivity index (χ0) is 16.6. The molecule has 0 radical (unpaired) electrons. The van der Waals surface area contributed by atoms with Gasteiger partial charge in [0.1, 0.15) is 5.82 Å². The van der Waals surface area contributed by atoms with Gasteiger partial charge in [0.2, 0.25) is 0 Å². The number of urea groups is 1. The molecule has 2 aromatic rings. The van der Waals surface area contributed by atoms with E-state index in [-0.39, 0.29) is 11.6 Å². The number of hydrogen-bond donors (Lipinski definition) is 1. The minimum absolute atomic E-state index is 0.0856. The summed E-state index contributed by atoms with van der Waals surface area (Å²) >= 11 is 1.31. The van der Waals surface area contributed by atoms with Gasteiger partial charge >= 0.3 is 6.03 Å². The molecule has 0 atom stereocenters. The first-order valence-corrected chi connectivity index (χ1v) is 7.90. The van der Waals surface area contributed by atoms with Crippen LogP contribution in [0, 0.1) is 12.7 Å². The van der Waals surface area contributed by atoms with Crippen LogP contribution < -0.4 is 15.1 Å². The molecule has 0 unspecified atom stereocenters. The molecular weight excluding hydrogens is 319 g/mol. The van der Waals surface area contributed by atoms with Gasteiger partial charge in [0.15, 0.2) is 5.13 Å². The highest BCUT2D eigenvalue weighted by atomic mass is 32.1. The van der Waals surface area contributed by atoms with Gasteiger partial charge < -0.3 is 5.32 Å². The Labute approximate surface area is 136 Å². The van der Waals surface area contributed by atoms with Crippen LogP contribution in [0.3, 0.4) is 0 Å². The van der Waals surface area contributed by atoms with Crippen molar-refractivity contribution >= 4 is 34.1 Å². The van der Waals surface area contributed by atoms with Gasteiger partial charge in [-0.15, -0.1) is 11.3 Å². The summed E-state index contributed by atoms with van der Waals surface area (Å²) in [6, 6.07) is 3.85. The van der Waals surface area contributed by atoms with Crippen LogP contribution in [0.25, 0.3) is 0 Å². The molecule has 3 rings (SSSR count). The van der Waals surface area contributed by atoms with E-state index in [1.54, 1.807) is 7.05 Å². The second-order valence-electron chi connectivity index (χ2n) is 5.18. The van der Waals surface area contributed by atoms with E-state index in [4.69, 9.17) is 0 Å². The van der Waals surface area contributed by atoms with Crippen molar-refractivity contribution in [1.29, 1.82) is 0 Å². The lowest BCUT2D eigenvalue weighted by Crippen LogP contribution is -2.29. The maximum absolute atomic E-state index is 14.1. The number of rotatable bonds is 3. The molecule has 0 aliphatic carbocycles. The summed E-state index contributed by atoms with van der Waals surface area (Å²) in [5, 5.41) is 4.99. The average Bonchev–Trinajstić information content (AvgIpc) is 3.15. The van der Waals surface area contributed by atoms with E-state index >= 15 is 0 Å². The summed E-state index contributed by atoms with van der Waals surface area (Å²) in [6.45, 7) is 2.84. The van der Waals surface area contributed by atoms with E-state index in [0.717, 1.165) is 5.69 Å². The van der Waals surface area contributed by atoms with Crippen molar-refractivity contribution < 1.29 is 14.0 Å². The molecule has 0 saturated carbocycles. The SMILES string of the molecule is Cc1csc(N(C)C(=O)c2cc(N3CCNC3=O)ccc2F)n1. The second kappa shape index (κ2) is 5.96. The second-order valence-corrected chi connectivity index (χ2v) is 6.02. The fraction of sp³-hybridized carbons (Fsp3) is 0.267. The fourth-order valence-electron chi connectivity index (χ4n) is 2.33. The molecule has 120 valence electrons. The number of nitrogens with zero attached hydrogens (tertiary/aromatic N) is 3. The molecule has 3 amide bonds. The molecule has 1 fully saturated rings. The van der Waals surface area contributed by atoms with Crippen molar-refractivity contribution in [3.8, 4) is 0 Å². The smallest absolute Gasteiger partial charge is 0.321 e. The normalized spacial score (nSPS) is 14.0. The molecule has 8 heteroatoms. The van der Waals surface area contributed by atoms with Crippen LogP contribution in [0.15, 0.2) is 23.6 Å². The zero-order valence-electron chi connectivity index (χ0n) is 12.7. The van der Waals surface area contributed by atoms with Crippen LogP contribution in [-0.4, -0.2) is 37.1 Å². The first kappa shape index (κ1) is 15.4. The van der Waals surface area contributed by atoms with E-state index in [1.165, 1.54) is 39.3 Å². The van der Waals surface area contributed by atoms with E-state index in [2.05, 4.69) is 10.3 Å². The van der Waals surface area contributed by atoms with Crippen molar-refractivity contribution in [1.82, 2.24) is 10.3 Å².